The van der Waals surface area contributed by atoms with E-state index in [2.05, 4.69) is 11.8 Å². The minimum absolute atomic E-state index is 0.0651. The molecule has 1 aromatic heterocycles. The molecule has 0 bridgehead atoms. The van der Waals surface area contributed by atoms with Crippen LogP contribution in [0.25, 0.3) is 0 Å². The second-order valence-corrected chi connectivity index (χ2v) is 11.7. The van der Waals surface area contributed by atoms with Gasteiger partial charge in [-0.1, -0.05) is 35.0 Å². The van der Waals surface area contributed by atoms with E-state index >= 15 is 0 Å². The van der Waals surface area contributed by atoms with Crippen molar-refractivity contribution in [3.8, 4) is 11.8 Å². The molecule has 2 aromatic rings. The summed E-state index contributed by atoms with van der Waals surface area (Å²) < 4.78 is 11.7. The number of hydrogen-bond acceptors (Lipinski definition) is 5. The number of anilines is 1. The number of aromatic carboxylic acids is 1. The van der Waals surface area contributed by atoms with Gasteiger partial charge in [-0.3, -0.25) is 4.79 Å². The zero-order valence-electron chi connectivity index (χ0n) is 19.8. The van der Waals surface area contributed by atoms with Crippen molar-refractivity contribution in [2.75, 3.05) is 18.1 Å². The molecular weight excluding hydrogens is 509 g/mol. The topological polar surface area (TPSA) is 76.1 Å². The third kappa shape index (κ3) is 5.84. The second-order valence-electron chi connectivity index (χ2n) is 9.77. The van der Waals surface area contributed by atoms with Gasteiger partial charge >= 0.3 is 5.97 Å². The maximum absolute atomic E-state index is 13.9. The van der Waals surface area contributed by atoms with Crippen LogP contribution in [0.15, 0.2) is 24.3 Å². The van der Waals surface area contributed by atoms with Gasteiger partial charge in [0.25, 0.3) is 5.91 Å². The molecule has 1 spiro atoms. The van der Waals surface area contributed by atoms with Gasteiger partial charge in [0.1, 0.15) is 4.88 Å². The zero-order chi connectivity index (χ0) is 25.4. The number of carbonyl (C=O) groups is 2. The Labute approximate surface area is 219 Å². The first kappa shape index (κ1) is 26.0. The van der Waals surface area contributed by atoms with Gasteiger partial charge in [-0.25, -0.2) is 4.79 Å². The lowest BCUT2D eigenvalue weighted by molar-refractivity contribution is -0.178. The van der Waals surface area contributed by atoms with Crippen molar-refractivity contribution >= 4 is 52.1 Å². The van der Waals surface area contributed by atoms with Gasteiger partial charge in [0.05, 0.1) is 34.4 Å². The summed E-state index contributed by atoms with van der Waals surface area (Å²) in [4.78, 5) is 28.4. The van der Waals surface area contributed by atoms with Crippen LogP contribution in [0.2, 0.25) is 10.0 Å². The van der Waals surface area contributed by atoms with E-state index in [0.717, 1.165) is 11.3 Å². The first-order chi connectivity index (χ1) is 16.5. The number of thiophene rings is 1. The molecule has 35 heavy (non-hydrogen) atoms. The molecule has 1 saturated heterocycles. The smallest absolute Gasteiger partial charge is 0.348 e. The number of hydrogen-bond donors (Lipinski definition) is 1. The lowest BCUT2D eigenvalue weighted by Gasteiger charge is -2.40. The summed E-state index contributed by atoms with van der Waals surface area (Å²) in [5.74, 6) is 4.12. The Kier molecular flexibility index (Phi) is 7.51. The largest absolute Gasteiger partial charge is 0.477 e. The molecule has 1 N–H and O–H groups in total. The van der Waals surface area contributed by atoms with Crippen molar-refractivity contribution in [3.63, 3.8) is 0 Å². The number of ether oxygens (including phenoxy) is 2. The number of benzene rings is 1. The van der Waals surface area contributed by atoms with Gasteiger partial charge < -0.3 is 19.5 Å². The first-order valence-corrected chi connectivity index (χ1v) is 13.0. The molecule has 1 aromatic carbocycles. The third-order valence-electron chi connectivity index (χ3n) is 6.00. The summed E-state index contributed by atoms with van der Waals surface area (Å²) in [5.41, 5.74) is 0.333. The summed E-state index contributed by atoms with van der Waals surface area (Å²) in [6, 6.07) is 6.11. The quantitative estimate of drug-likeness (QED) is 0.453. The molecule has 6 nitrogen and oxygen atoms in total. The van der Waals surface area contributed by atoms with E-state index < -0.39 is 11.8 Å². The van der Waals surface area contributed by atoms with E-state index in [4.69, 9.17) is 32.7 Å². The summed E-state index contributed by atoms with van der Waals surface area (Å²) in [6.45, 7) is 7.05. The number of carboxylic acid groups (broad SMARTS) is 1. The highest BCUT2D eigenvalue weighted by Crippen LogP contribution is 2.41. The highest BCUT2D eigenvalue weighted by Gasteiger charge is 2.43. The molecule has 9 heteroatoms. The van der Waals surface area contributed by atoms with Crippen LogP contribution in [0.3, 0.4) is 0 Å². The normalized spacial score (nSPS) is 17.7. The van der Waals surface area contributed by atoms with Crippen molar-refractivity contribution in [2.24, 2.45) is 5.41 Å². The van der Waals surface area contributed by atoms with Gasteiger partial charge in [0, 0.05) is 29.3 Å². The molecule has 0 radical (unpaired) electrons. The van der Waals surface area contributed by atoms with Crippen LogP contribution >= 0.6 is 34.5 Å². The average Bonchev–Trinajstić information content (AvgIpc) is 3.41. The number of amides is 1. The van der Waals surface area contributed by atoms with Crippen LogP contribution in [0.1, 0.15) is 71.4 Å². The molecule has 1 aliphatic carbocycles. The summed E-state index contributed by atoms with van der Waals surface area (Å²) >= 11 is 13.5. The molecule has 0 unspecified atom stereocenters. The van der Waals surface area contributed by atoms with E-state index in [-0.39, 0.29) is 32.8 Å². The Bertz CT molecular complexity index is 1190. The van der Waals surface area contributed by atoms with Gasteiger partial charge in [0.15, 0.2) is 5.79 Å². The summed E-state index contributed by atoms with van der Waals surface area (Å²) in [6.07, 6.45) is 2.40. The SMILES string of the molecule is CC(C)(C)C#Cc1cc(N(C(=O)c2ccc(Cl)cc2Cl)C2CCC3(CC2)OCCO3)c(C(=O)O)s1. The maximum Gasteiger partial charge on any atom is 0.348 e. The van der Waals surface area contributed by atoms with Crippen molar-refractivity contribution in [3.05, 3.63) is 49.6 Å². The minimum atomic E-state index is -1.11. The molecule has 4 rings (SSSR count). The molecule has 0 atom stereocenters. The summed E-state index contributed by atoms with van der Waals surface area (Å²) in [5, 5.41) is 10.6. The molecule has 2 heterocycles. The second kappa shape index (κ2) is 10.1. The zero-order valence-corrected chi connectivity index (χ0v) is 22.1. The van der Waals surface area contributed by atoms with E-state index in [1.54, 1.807) is 23.1 Å². The predicted octanol–water partition coefficient (Wildman–Crippen LogP) is 6.48. The fourth-order valence-electron chi connectivity index (χ4n) is 4.38. The molecule has 186 valence electrons. The highest BCUT2D eigenvalue weighted by atomic mass is 35.5. The third-order valence-corrected chi connectivity index (χ3v) is 7.58. The predicted molar refractivity (Wildman–Crippen MR) is 138 cm³/mol. The van der Waals surface area contributed by atoms with Crippen LogP contribution < -0.4 is 4.90 Å². The first-order valence-electron chi connectivity index (χ1n) is 11.4. The Hall–Kier alpha value is -2.08. The average molecular weight is 536 g/mol. The fourth-order valence-corrected chi connectivity index (χ4v) is 5.71. The Morgan fingerprint density at radius 2 is 1.80 bits per heavy atom. The van der Waals surface area contributed by atoms with E-state index in [1.165, 1.54) is 6.07 Å². The van der Waals surface area contributed by atoms with Crippen LogP contribution in [0.5, 0.6) is 0 Å². The van der Waals surface area contributed by atoms with E-state index in [0.29, 0.717) is 54.5 Å². The number of rotatable bonds is 4. The van der Waals surface area contributed by atoms with Gasteiger partial charge in [-0.2, -0.15) is 0 Å². The van der Waals surface area contributed by atoms with Crippen molar-refractivity contribution in [2.45, 2.75) is 58.3 Å². The van der Waals surface area contributed by atoms with Crippen LogP contribution in [0, 0.1) is 17.3 Å². The lowest BCUT2D eigenvalue weighted by atomic mass is 9.88. The Balaban J connectivity index is 1.77. The van der Waals surface area contributed by atoms with Gasteiger partial charge in [-0.05, 0) is 57.9 Å². The van der Waals surface area contributed by atoms with E-state index in [1.807, 2.05) is 20.8 Å². The fraction of sp³-hybridized carbons (Fsp3) is 0.462. The Morgan fingerprint density at radius 3 is 2.37 bits per heavy atom. The Morgan fingerprint density at radius 1 is 1.14 bits per heavy atom. The van der Waals surface area contributed by atoms with Crippen molar-refractivity contribution < 1.29 is 24.2 Å². The van der Waals surface area contributed by atoms with Gasteiger partial charge in [0.2, 0.25) is 0 Å². The maximum atomic E-state index is 13.9. The standard InChI is InChI=1S/C26H27Cl2NO5S/c1-25(2,3)9-8-18-15-21(22(35-18)24(31)32)29(23(30)19-5-4-16(27)14-20(19)28)17-6-10-26(11-7-17)33-12-13-34-26/h4-5,14-15,17H,6-7,10-13H2,1-3H3,(H,31,32). The highest BCUT2D eigenvalue weighted by molar-refractivity contribution is 7.15. The summed E-state index contributed by atoms with van der Waals surface area (Å²) in [7, 11) is 0. The molecule has 1 saturated carbocycles. The van der Waals surface area contributed by atoms with Crippen LogP contribution in [-0.4, -0.2) is 42.0 Å². The molecule has 2 fully saturated rings. The van der Waals surface area contributed by atoms with E-state index in [9.17, 15) is 14.7 Å². The van der Waals surface area contributed by atoms with Crippen molar-refractivity contribution in [1.29, 1.82) is 0 Å². The van der Waals surface area contributed by atoms with Crippen LogP contribution in [0.4, 0.5) is 5.69 Å². The number of nitrogens with zero attached hydrogens (tertiary/aromatic N) is 1. The number of carbonyl (C=O) groups excluding carboxylic acids is 1. The number of halogens is 2. The van der Waals surface area contributed by atoms with Crippen LogP contribution in [-0.2, 0) is 9.47 Å². The molecule has 1 aliphatic heterocycles. The minimum Gasteiger partial charge on any atom is -0.477 e. The molecular formula is C26H27Cl2NO5S. The van der Waals surface area contributed by atoms with Crippen molar-refractivity contribution in [1.82, 2.24) is 0 Å². The number of carboxylic acids is 1. The molecule has 1 amide bonds. The monoisotopic (exact) mass is 535 g/mol. The van der Waals surface area contributed by atoms with Gasteiger partial charge in [-0.15, -0.1) is 11.3 Å². The lowest BCUT2D eigenvalue weighted by Crippen LogP contribution is -2.47. The molecule has 2 aliphatic rings.